The molecule has 0 spiro atoms. The molecule has 0 atom stereocenters. The number of halogens is 1. The Kier molecular flexibility index (Phi) is 4.32. The maximum Gasteiger partial charge on any atom is 0.296 e. The van der Waals surface area contributed by atoms with Crippen LogP contribution in [0, 0.1) is 17.0 Å². The van der Waals surface area contributed by atoms with E-state index in [4.69, 9.17) is 0 Å². The summed E-state index contributed by atoms with van der Waals surface area (Å²) < 4.78 is 0.564. The Balaban J connectivity index is 2.07. The second kappa shape index (κ2) is 6.44. The van der Waals surface area contributed by atoms with Gasteiger partial charge in [-0.25, -0.2) is 0 Å². The fourth-order valence-corrected chi connectivity index (χ4v) is 2.87. The quantitative estimate of drug-likeness (QED) is 0.371. The van der Waals surface area contributed by atoms with E-state index in [0.717, 1.165) is 0 Å². The number of fused-ring (bicyclic) bond motifs is 1. The molecule has 0 unspecified atom stereocenters. The number of benzene rings is 2. The van der Waals surface area contributed by atoms with Crippen LogP contribution in [0.15, 0.2) is 51.1 Å². The van der Waals surface area contributed by atoms with E-state index in [1.807, 2.05) is 0 Å². The number of nitrogens with one attached hydrogen (secondary N) is 1. The third-order valence-electron chi connectivity index (χ3n) is 3.60. The molecule has 8 nitrogen and oxygen atoms in total. The van der Waals surface area contributed by atoms with Gasteiger partial charge in [0.2, 0.25) is 5.88 Å². The number of aromatic hydroxyl groups is 1. The van der Waals surface area contributed by atoms with E-state index in [1.54, 1.807) is 31.2 Å². The number of aromatic amines is 1. The van der Waals surface area contributed by atoms with Crippen LogP contribution in [0.2, 0.25) is 0 Å². The van der Waals surface area contributed by atoms with Crippen molar-refractivity contribution in [3.05, 3.63) is 62.1 Å². The van der Waals surface area contributed by atoms with Crippen molar-refractivity contribution >= 4 is 44.1 Å². The number of nitrogens with zero attached hydrogens (tertiary/aromatic N) is 3. The summed E-state index contributed by atoms with van der Waals surface area (Å²) in [4.78, 5) is 25.3. The summed E-state index contributed by atoms with van der Waals surface area (Å²) in [7, 11) is 0. The first-order valence-corrected chi connectivity index (χ1v) is 7.88. The third-order valence-corrected chi connectivity index (χ3v) is 4.29. The molecule has 0 fully saturated rings. The predicted octanol–water partition coefficient (Wildman–Crippen LogP) is 4.78. The van der Waals surface area contributed by atoms with Crippen LogP contribution in [-0.4, -0.2) is 20.9 Å². The Morgan fingerprint density at radius 2 is 2.04 bits per heavy atom. The smallest absolute Gasteiger partial charge is 0.296 e. The average Bonchev–Trinajstić information content (AvgIpc) is 2.89. The van der Waals surface area contributed by atoms with Gasteiger partial charge in [-0.05, 0) is 40.5 Å². The van der Waals surface area contributed by atoms with Gasteiger partial charge in [0.1, 0.15) is 0 Å². The summed E-state index contributed by atoms with van der Waals surface area (Å²) in [5.74, 6) is -0.925. The van der Waals surface area contributed by atoms with Crippen LogP contribution in [0.1, 0.15) is 15.9 Å². The maximum atomic E-state index is 12.2. The van der Waals surface area contributed by atoms with Crippen molar-refractivity contribution < 1.29 is 14.8 Å². The van der Waals surface area contributed by atoms with Crippen molar-refractivity contribution in [1.29, 1.82) is 0 Å². The highest BCUT2D eigenvalue weighted by Gasteiger charge is 2.18. The van der Waals surface area contributed by atoms with E-state index in [0.29, 0.717) is 26.5 Å². The molecule has 126 valence electrons. The summed E-state index contributed by atoms with van der Waals surface area (Å²) in [6.45, 7) is 1.67. The molecule has 2 aromatic carbocycles. The van der Waals surface area contributed by atoms with Crippen molar-refractivity contribution in [3.63, 3.8) is 0 Å². The molecule has 0 saturated heterocycles. The van der Waals surface area contributed by atoms with Crippen LogP contribution in [0.4, 0.5) is 11.4 Å². The maximum absolute atomic E-state index is 12.2. The number of carbonyl (C=O) groups excluding carboxylic acids is 1. The van der Waals surface area contributed by atoms with E-state index >= 15 is 0 Å². The van der Waals surface area contributed by atoms with E-state index in [-0.39, 0.29) is 17.3 Å². The Hall–Kier alpha value is -3.07. The molecule has 3 aromatic rings. The standard InChI is InChI=1S/C16H11BrN4O4/c1-8-6-9(21(24)25)7-11-13(8)18-16(23)14(11)19-20-15(22)10-4-2-3-5-12(10)17/h2-7,18,23H,1H3. The zero-order valence-electron chi connectivity index (χ0n) is 12.9. The number of rotatable bonds is 3. The van der Waals surface area contributed by atoms with Gasteiger partial charge in [-0.15, -0.1) is 10.2 Å². The number of hydrogen-bond acceptors (Lipinski definition) is 5. The molecule has 9 heteroatoms. The Bertz CT molecular complexity index is 1040. The van der Waals surface area contributed by atoms with Crippen LogP contribution in [-0.2, 0) is 0 Å². The zero-order valence-corrected chi connectivity index (χ0v) is 14.4. The van der Waals surface area contributed by atoms with Gasteiger partial charge in [-0.3, -0.25) is 14.9 Å². The molecule has 0 aliphatic rings. The van der Waals surface area contributed by atoms with Crippen molar-refractivity contribution in [2.75, 3.05) is 0 Å². The highest BCUT2D eigenvalue weighted by molar-refractivity contribution is 9.10. The molecule has 25 heavy (non-hydrogen) atoms. The first kappa shape index (κ1) is 16.8. The second-order valence-corrected chi connectivity index (χ2v) is 6.10. The first-order valence-electron chi connectivity index (χ1n) is 7.08. The second-order valence-electron chi connectivity index (χ2n) is 5.25. The lowest BCUT2D eigenvalue weighted by Gasteiger charge is -1.98. The number of nitro benzene ring substituents is 1. The predicted molar refractivity (Wildman–Crippen MR) is 94.3 cm³/mol. The van der Waals surface area contributed by atoms with E-state index in [1.165, 1.54) is 12.1 Å². The van der Waals surface area contributed by atoms with Gasteiger partial charge in [-0.1, -0.05) is 12.1 Å². The lowest BCUT2D eigenvalue weighted by Crippen LogP contribution is -1.94. The minimum absolute atomic E-state index is 0.0257. The summed E-state index contributed by atoms with van der Waals surface area (Å²) in [5.41, 5.74) is 1.20. The zero-order chi connectivity index (χ0) is 18.1. The van der Waals surface area contributed by atoms with E-state index < -0.39 is 10.8 Å². The molecule has 0 bridgehead atoms. The topological polar surface area (TPSA) is 121 Å². The van der Waals surface area contributed by atoms with Crippen molar-refractivity contribution in [2.24, 2.45) is 10.2 Å². The van der Waals surface area contributed by atoms with Crippen LogP contribution >= 0.6 is 15.9 Å². The molecule has 1 amide bonds. The van der Waals surface area contributed by atoms with Gasteiger partial charge in [-0.2, -0.15) is 0 Å². The van der Waals surface area contributed by atoms with E-state index in [9.17, 15) is 20.0 Å². The molecule has 1 heterocycles. The highest BCUT2D eigenvalue weighted by Crippen LogP contribution is 2.39. The minimum atomic E-state index is -0.608. The SMILES string of the molecule is Cc1cc([N+](=O)[O-])cc2c(N=NC(=O)c3ccccc3Br)c(O)[nH]c12. The lowest BCUT2D eigenvalue weighted by atomic mass is 10.1. The van der Waals surface area contributed by atoms with Crippen LogP contribution in [0.25, 0.3) is 10.9 Å². The van der Waals surface area contributed by atoms with Crippen molar-refractivity contribution in [1.82, 2.24) is 4.98 Å². The third kappa shape index (κ3) is 3.13. The normalized spacial score (nSPS) is 11.3. The fraction of sp³-hybridized carbons (Fsp3) is 0.0625. The molecule has 2 N–H and O–H groups in total. The Labute approximate surface area is 149 Å². The monoisotopic (exact) mass is 402 g/mol. The number of aromatic nitrogens is 1. The van der Waals surface area contributed by atoms with Gasteiger partial charge in [0, 0.05) is 22.0 Å². The van der Waals surface area contributed by atoms with Gasteiger partial charge in [0.15, 0.2) is 5.69 Å². The molecule has 0 aliphatic carbocycles. The number of azo groups is 1. The summed E-state index contributed by atoms with van der Waals surface area (Å²) in [5, 5.41) is 28.8. The van der Waals surface area contributed by atoms with E-state index in [2.05, 4.69) is 31.1 Å². The average molecular weight is 403 g/mol. The number of aryl methyl sites for hydroxylation is 1. The van der Waals surface area contributed by atoms with Crippen LogP contribution in [0.3, 0.4) is 0 Å². The number of hydrogen-bond donors (Lipinski definition) is 2. The van der Waals surface area contributed by atoms with Gasteiger partial charge in [0.05, 0.1) is 16.0 Å². The molecule has 3 rings (SSSR count). The first-order chi connectivity index (χ1) is 11.9. The molecular formula is C16H11BrN4O4. The number of amides is 1. The van der Waals surface area contributed by atoms with Gasteiger partial charge in [0.25, 0.3) is 11.6 Å². The molecule has 0 radical (unpaired) electrons. The molecule has 0 aliphatic heterocycles. The Morgan fingerprint density at radius 3 is 2.72 bits per heavy atom. The number of carbonyl (C=O) groups is 1. The molecule has 1 aromatic heterocycles. The largest absolute Gasteiger partial charge is 0.493 e. The molecule has 0 saturated carbocycles. The van der Waals surface area contributed by atoms with Crippen LogP contribution < -0.4 is 0 Å². The highest BCUT2D eigenvalue weighted by atomic mass is 79.9. The minimum Gasteiger partial charge on any atom is -0.493 e. The number of H-pyrrole nitrogens is 1. The summed E-state index contributed by atoms with van der Waals surface area (Å²) in [6.07, 6.45) is 0. The summed E-state index contributed by atoms with van der Waals surface area (Å²) in [6, 6.07) is 9.37. The molecular weight excluding hydrogens is 392 g/mol. The Morgan fingerprint density at radius 1 is 1.32 bits per heavy atom. The summed E-state index contributed by atoms with van der Waals surface area (Å²) >= 11 is 3.25. The van der Waals surface area contributed by atoms with Crippen LogP contribution in [0.5, 0.6) is 5.88 Å². The number of non-ortho nitro benzene ring substituents is 1. The fourth-order valence-electron chi connectivity index (χ4n) is 2.42. The van der Waals surface area contributed by atoms with Gasteiger partial charge >= 0.3 is 0 Å². The van der Waals surface area contributed by atoms with Crippen molar-refractivity contribution in [3.8, 4) is 5.88 Å². The lowest BCUT2D eigenvalue weighted by molar-refractivity contribution is -0.384. The number of nitro groups is 1. The van der Waals surface area contributed by atoms with Gasteiger partial charge < -0.3 is 10.1 Å². The van der Waals surface area contributed by atoms with Crippen molar-refractivity contribution in [2.45, 2.75) is 6.92 Å².